The van der Waals surface area contributed by atoms with Gasteiger partial charge >= 0.3 is 5.97 Å². The number of amides is 1. The molecule has 3 aromatic rings. The summed E-state index contributed by atoms with van der Waals surface area (Å²) < 4.78 is 19.4. The molecule has 6 N–H and O–H groups in total. The molecule has 1 fully saturated rings. The van der Waals surface area contributed by atoms with Gasteiger partial charge in [-0.15, -0.1) is 11.6 Å². The first kappa shape index (κ1) is 41.6. The summed E-state index contributed by atoms with van der Waals surface area (Å²) >= 11 is 14.3. The van der Waals surface area contributed by atoms with Gasteiger partial charge in [-0.2, -0.15) is 5.26 Å². The first-order valence-electron chi connectivity index (χ1n) is 17.7. The summed E-state index contributed by atoms with van der Waals surface area (Å²) in [6, 6.07) is 16.0. The highest BCUT2D eigenvalue weighted by Crippen LogP contribution is 2.48. The van der Waals surface area contributed by atoms with Gasteiger partial charge in [0, 0.05) is 55.8 Å². The first-order valence-corrected chi connectivity index (χ1v) is 18.5. The molecule has 13 nitrogen and oxygen atoms in total. The SMILES string of the molecule is CC(CO)(NCc1cc(Cl)c(OCC2(OCCCN3C[C@H](O)C[C@H]3C(N)=O)C=CC=C(c3ccccc3)C2(C)Cl)cc1OCc1cncc(C#N)c1)C(=O)O. The average Bonchev–Trinajstić information content (AvgIpc) is 3.56. The second-order valence-electron chi connectivity index (χ2n) is 14.0. The van der Waals surface area contributed by atoms with E-state index in [0.717, 1.165) is 11.1 Å². The number of primary amides is 1. The lowest BCUT2D eigenvalue weighted by Gasteiger charge is -2.45. The van der Waals surface area contributed by atoms with Crippen LogP contribution in [0.5, 0.6) is 11.5 Å². The van der Waals surface area contributed by atoms with E-state index in [1.807, 2.05) is 60.4 Å². The number of carboxylic acid groups (broad SMARTS) is 1. The van der Waals surface area contributed by atoms with E-state index in [1.54, 1.807) is 24.4 Å². The largest absolute Gasteiger partial charge is 0.488 e. The van der Waals surface area contributed by atoms with Crippen molar-refractivity contribution in [1.82, 2.24) is 15.2 Å². The predicted octanol–water partition coefficient (Wildman–Crippen LogP) is 4.21. The third kappa shape index (κ3) is 9.66. The molecule has 0 spiro atoms. The van der Waals surface area contributed by atoms with Gasteiger partial charge in [0.25, 0.3) is 0 Å². The Morgan fingerprint density at radius 2 is 1.95 bits per heavy atom. The molecule has 292 valence electrons. The van der Waals surface area contributed by atoms with Crippen LogP contribution in [0, 0.1) is 11.3 Å². The number of carbonyl (C=O) groups excluding carboxylic acids is 1. The Balaban J connectivity index is 1.43. The third-order valence-electron chi connectivity index (χ3n) is 10.0. The van der Waals surface area contributed by atoms with Crippen LogP contribution in [0.2, 0.25) is 5.02 Å². The van der Waals surface area contributed by atoms with Crippen molar-refractivity contribution in [2.24, 2.45) is 5.73 Å². The molecular weight excluding hydrogens is 749 g/mol. The minimum atomic E-state index is -1.65. The molecule has 55 heavy (non-hydrogen) atoms. The minimum Gasteiger partial charge on any atom is -0.488 e. The topological polar surface area (TPSA) is 200 Å². The second kappa shape index (κ2) is 18.0. The number of halogens is 2. The van der Waals surface area contributed by atoms with Crippen LogP contribution in [0.3, 0.4) is 0 Å². The number of aliphatic carboxylic acids is 1. The van der Waals surface area contributed by atoms with E-state index in [-0.39, 0.29) is 43.6 Å². The smallest absolute Gasteiger partial charge is 0.326 e. The molecule has 2 aromatic carbocycles. The number of carboxylic acids is 1. The van der Waals surface area contributed by atoms with Crippen LogP contribution in [0.4, 0.5) is 0 Å². The van der Waals surface area contributed by atoms with E-state index in [9.17, 15) is 30.2 Å². The lowest BCUT2D eigenvalue weighted by atomic mass is 9.76. The number of nitrogens with one attached hydrogen (secondary N) is 1. The minimum absolute atomic E-state index is 0.0121. The second-order valence-corrected chi connectivity index (χ2v) is 15.2. The molecule has 5 atom stereocenters. The number of allylic oxidation sites excluding steroid dienone is 2. The van der Waals surface area contributed by atoms with Gasteiger partial charge in [-0.05, 0) is 56.0 Å². The molecule has 0 bridgehead atoms. The third-order valence-corrected chi connectivity index (χ3v) is 10.8. The molecule has 2 aliphatic rings. The molecule has 2 heterocycles. The molecule has 15 heteroatoms. The summed E-state index contributed by atoms with van der Waals surface area (Å²) in [6.07, 6.45) is 8.78. The Morgan fingerprint density at radius 1 is 1.18 bits per heavy atom. The lowest BCUT2D eigenvalue weighted by molar-refractivity contribution is -0.146. The van der Waals surface area contributed by atoms with Crippen molar-refractivity contribution in [3.05, 3.63) is 106 Å². The number of hydrogen-bond acceptors (Lipinski definition) is 11. The molecule has 0 saturated carbocycles. The number of ether oxygens (including phenoxy) is 3. The molecule has 1 amide bonds. The fourth-order valence-corrected chi connectivity index (χ4v) is 7.19. The summed E-state index contributed by atoms with van der Waals surface area (Å²) in [5, 5.41) is 42.1. The fourth-order valence-electron chi connectivity index (χ4n) is 6.60. The summed E-state index contributed by atoms with van der Waals surface area (Å²) in [5.41, 5.74) is 5.84. The maximum absolute atomic E-state index is 12.0. The van der Waals surface area contributed by atoms with E-state index < -0.39 is 46.6 Å². The molecule has 0 radical (unpaired) electrons. The van der Waals surface area contributed by atoms with Crippen molar-refractivity contribution < 1.29 is 39.1 Å². The zero-order chi connectivity index (χ0) is 39.8. The van der Waals surface area contributed by atoms with E-state index in [0.29, 0.717) is 42.0 Å². The number of β-amino-alcohol motifs (C(OH)–C–C–N with tert-alkyl or cyclic N) is 1. The Kier molecular flexibility index (Phi) is 13.6. The normalized spacial score (nSPS) is 23.4. The van der Waals surface area contributed by atoms with Crippen molar-refractivity contribution >= 4 is 40.7 Å². The number of aromatic nitrogens is 1. The van der Waals surface area contributed by atoms with Gasteiger partial charge in [-0.25, -0.2) is 0 Å². The van der Waals surface area contributed by atoms with Crippen LogP contribution in [-0.4, -0.2) is 98.2 Å². The Labute approximate surface area is 329 Å². The van der Waals surface area contributed by atoms with Crippen LogP contribution in [0.25, 0.3) is 5.57 Å². The molecule has 1 aromatic heterocycles. The van der Waals surface area contributed by atoms with Crippen molar-refractivity contribution in [2.45, 2.75) is 68.0 Å². The number of hydrogen-bond donors (Lipinski definition) is 5. The van der Waals surface area contributed by atoms with Gasteiger partial charge in [0.2, 0.25) is 5.91 Å². The molecular formula is C40H45Cl2N5O8. The Morgan fingerprint density at radius 3 is 2.64 bits per heavy atom. The monoisotopic (exact) mass is 793 g/mol. The van der Waals surface area contributed by atoms with Crippen molar-refractivity contribution in [2.75, 3.05) is 32.9 Å². The Hall–Kier alpha value is -4.52. The first-order chi connectivity index (χ1) is 26.2. The number of benzene rings is 2. The number of carbonyl (C=O) groups is 2. The maximum atomic E-state index is 12.0. The van der Waals surface area contributed by atoms with Crippen LogP contribution in [0.1, 0.15) is 48.9 Å². The van der Waals surface area contributed by atoms with E-state index in [1.165, 1.54) is 13.1 Å². The molecule has 5 rings (SSSR count). The Bertz CT molecular complexity index is 1950. The van der Waals surface area contributed by atoms with E-state index in [4.69, 9.17) is 43.1 Å². The number of pyridine rings is 1. The summed E-state index contributed by atoms with van der Waals surface area (Å²) in [4.78, 5) is 28.7. The van der Waals surface area contributed by atoms with Gasteiger partial charge in [0.15, 0.2) is 0 Å². The summed E-state index contributed by atoms with van der Waals surface area (Å²) in [7, 11) is 0. The fraction of sp³-hybridized carbons (Fsp3) is 0.400. The molecule has 1 aliphatic heterocycles. The number of aliphatic hydroxyl groups excluding tert-OH is 2. The van der Waals surface area contributed by atoms with Crippen molar-refractivity contribution in [3.8, 4) is 17.6 Å². The van der Waals surface area contributed by atoms with Crippen LogP contribution >= 0.6 is 23.2 Å². The van der Waals surface area contributed by atoms with E-state index in [2.05, 4.69) is 16.4 Å². The van der Waals surface area contributed by atoms with E-state index >= 15 is 0 Å². The summed E-state index contributed by atoms with van der Waals surface area (Å²) in [5.74, 6) is -1.21. The highest BCUT2D eigenvalue weighted by molar-refractivity contribution is 6.32. The van der Waals surface area contributed by atoms with Crippen molar-refractivity contribution in [3.63, 3.8) is 0 Å². The predicted molar refractivity (Wildman–Crippen MR) is 206 cm³/mol. The van der Waals surface area contributed by atoms with Gasteiger partial charge < -0.3 is 35.3 Å². The number of alkyl halides is 1. The zero-order valence-corrected chi connectivity index (χ0v) is 32.1. The lowest BCUT2D eigenvalue weighted by Crippen LogP contribution is -2.55. The average molecular weight is 795 g/mol. The van der Waals surface area contributed by atoms with Gasteiger partial charge in [-0.1, -0.05) is 54.1 Å². The zero-order valence-electron chi connectivity index (χ0n) is 30.6. The van der Waals surface area contributed by atoms with Crippen LogP contribution in [-0.2, 0) is 27.5 Å². The maximum Gasteiger partial charge on any atom is 0.326 e. The number of aliphatic hydroxyl groups is 2. The number of nitrogens with zero attached hydrogens (tertiary/aromatic N) is 3. The van der Waals surface area contributed by atoms with Gasteiger partial charge in [-0.3, -0.25) is 24.8 Å². The highest BCUT2D eigenvalue weighted by atomic mass is 35.5. The van der Waals surface area contributed by atoms with Crippen LogP contribution < -0.4 is 20.5 Å². The summed E-state index contributed by atoms with van der Waals surface area (Å²) in [6.45, 7) is 3.42. The standard InChI is InChI=1S/C40H45Cl2N5O8/c1-38(24-48,37(51)52)46-21-29-15-32(41)35(17-34(29)53-23-27-14-26(18-43)19-45-20-27)54-25-40(55-13-7-12-47-22-30(49)16-33(47)36(44)50)11-6-10-31(39(40,2)42)28-8-4-3-5-9-28/h3-6,8-11,14-15,17,19-20,30,33,46,48-49H,7,12-13,16,21-25H2,1-2H3,(H2,44,50)(H,51,52)/t30-,33+,38?,39?,40?/m1/s1. The number of nitriles is 1. The molecule has 1 aliphatic carbocycles. The van der Waals surface area contributed by atoms with Gasteiger partial charge in [0.05, 0.1) is 29.3 Å². The van der Waals surface area contributed by atoms with Gasteiger partial charge in [0.1, 0.15) is 46.8 Å². The highest BCUT2D eigenvalue weighted by Gasteiger charge is 2.51. The van der Waals surface area contributed by atoms with Crippen molar-refractivity contribution in [1.29, 1.82) is 5.26 Å². The number of likely N-dealkylation sites (tertiary alicyclic amines) is 1. The number of rotatable bonds is 18. The molecule has 1 saturated heterocycles. The quantitative estimate of drug-likeness (QED) is 0.0910. The molecule has 3 unspecified atom stereocenters. The van der Waals surface area contributed by atoms with Crippen LogP contribution in [0.15, 0.2) is 79.2 Å². The number of nitrogens with two attached hydrogens (primary N) is 1.